The number of anilines is 1. The van der Waals surface area contributed by atoms with Gasteiger partial charge in [-0.3, -0.25) is 14.9 Å². The van der Waals surface area contributed by atoms with E-state index in [0.717, 1.165) is 12.1 Å². The van der Waals surface area contributed by atoms with Gasteiger partial charge in [0, 0.05) is 25.1 Å². The van der Waals surface area contributed by atoms with Crippen molar-refractivity contribution >= 4 is 33.2 Å². The lowest BCUT2D eigenvalue weighted by Gasteiger charge is -2.07. The van der Waals surface area contributed by atoms with Crippen molar-refractivity contribution in [2.24, 2.45) is 5.73 Å². The molecule has 8 heteroatoms. The molecule has 0 saturated heterocycles. The summed E-state index contributed by atoms with van der Waals surface area (Å²) in [5.74, 6) is -1.05. The number of carbonyl (C=O) groups is 1. The molecule has 0 atom stereocenters. The lowest BCUT2D eigenvalue weighted by Crippen LogP contribution is -2.13. The maximum absolute atomic E-state index is 13.3. The van der Waals surface area contributed by atoms with Crippen LogP contribution in [0.3, 0.4) is 0 Å². The Hall–Kier alpha value is -1.70. The molecule has 1 amide bonds. The summed E-state index contributed by atoms with van der Waals surface area (Å²) in [6.45, 7) is 0.296. The summed E-state index contributed by atoms with van der Waals surface area (Å²) in [6, 6.07) is 2.12. The fourth-order valence-electron chi connectivity index (χ4n) is 1.31. The molecule has 0 aliphatic heterocycles. The van der Waals surface area contributed by atoms with E-state index in [1.54, 1.807) is 0 Å². The minimum atomic E-state index is -0.610. The molecular formula is C10H11BrFN3O3. The summed E-state index contributed by atoms with van der Waals surface area (Å²) >= 11 is 2.88. The molecule has 1 aromatic rings. The minimum Gasteiger partial charge on any atom is -0.379 e. The Balaban J connectivity index is 2.77. The molecule has 0 bridgehead atoms. The van der Waals surface area contributed by atoms with Crippen LogP contribution in [0.4, 0.5) is 15.8 Å². The number of hydrogen-bond donors (Lipinski definition) is 2. The Morgan fingerprint density at radius 1 is 1.56 bits per heavy atom. The van der Waals surface area contributed by atoms with Gasteiger partial charge in [0.25, 0.3) is 5.69 Å². The normalized spacial score (nSPS) is 10.1. The monoisotopic (exact) mass is 319 g/mol. The number of primary amides is 1. The van der Waals surface area contributed by atoms with Crippen molar-refractivity contribution in [2.75, 3.05) is 11.9 Å². The number of nitro groups is 1. The molecule has 0 fully saturated rings. The van der Waals surface area contributed by atoms with Crippen LogP contribution in [0.25, 0.3) is 0 Å². The van der Waals surface area contributed by atoms with Crippen molar-refractivity contribution in [3.05, 3.63) is 32.5 Å². The Morgan fingerprint density at radius 2 is 2.22 bits per heavy atom. The van der Waals surface area contributed by atoms with Gasteiger partial charge in [0.1, 0.15) is 11.5 Å². The third-order valence-corrected chi connectivity index (χ3v) is 2.76. The van der Waals surface area contributed by atoms with Crippen LogP contribution in [0.5, 0.6) is 0 Å². The Morgan fingerprint density at radius 3 is 2.78 bits per heavy atom. The molecule has 0 spiro atoms. The first-order valence-corrected chi connectivity index (χ1v) is 5.86. The highest BCUT2D eigenvalue weighted by Gasteiger charge is 2.17. The lowest BCUT2D eigenvalue weighted by atomic mass is 10.2. The average molecular weight is 320 g/mol. The first-order valence-electron chi connectivity index (χ1n) is 5.07. The van der Waals surface area contributed by atoms with Gasteiger partial charge in [-0.1, -0.05) is 0 Å². The fraction of sp³-hybridized carbons (Fsp3) is 0.300. The van der Waals surface area contributed by atoms with Crippen molar-refractivity contribution in [2.45, 2.75) is 12.8 Å². The van der Waals surface area contributed by atoms with Crippen LogP contribution in [-0.2, 0) is 4.79 Å². The van der Waals surface area contributed by atoms with Crippen LogP contribution in [0, 0.1) is 15.9 Å². The van der Waals surface area contributed by atoms with E-state index in [2.05, 4.69) is 21.2 Å². The second-order valence-electron chi connectivity index (χ2n) is 3.54. The van der Waals surface area contributed by atoms with E-state index >= 15 is 0 Å². The largest absolute Gasteiger partial charge is 0.379 e. The Kier molecular flexibility index (Phi) is 5.02. The van der Waals surface area contributed by atoms with Crippen LogP contribution in [0.2, 0.25) is 0 Å². The number of nitro benzene ring substituents is 1. The van der Waals surface area contributed by atoms with Crippen LogP contribution in [-0.4, -0.2) is 17.4 Å². The summed E-state index contributed by atoms with van der Waals surface area (Å²) < 4.78 is 13.3. The summed E-state index contributed by atoms with van der Waals surface area (Å²) in [5.41, 5.74) is 4.79. The quantitative estimate of drug-likeness (QED) is 0.477. The van der Waals surface area contributed by atoms with Gasteiger partial charge in [-0.2, -0.15) is 0 Å². The fourth-order valence-corrected chi connectivity index (χ4v) is 1.65. The van der Waals surface area contributed by atoms with E-state index in [-0.39, 0.29) is 22.3 Å². The van der Waals surface area contributed by atoms with Gasteiger partial charge in [-0.25, -0.2) is 4.39 Å². The maximum Gasteiger partial charge on any atom is 0.293 e. The number of nitrogens with zero attached hydrogens (tertiary/aromatic N) is 1. The molecule has 0 aromatic heterocycles. The first kappa shape index (κ1) is 14.4. The highest BCUT2D eigenvalue weighted by atomic mass is 79.9. The van der Waals surface area contributed by atoms with Gasteiger partial charge in [0.2, 0.25) is 5.91 Å². The van der Waals surface area contributed by atoms with Gasteiger partial charge < -0.3 is 11.1 Å². The topological polar surface area (TPSA) is 98.3 Å². The van der Waals surface area contributed by atoms with Crippen molar-refractivity contribution in [3.63, 3.8) is 0 Å². The van der Waals surface area contributed by atoms with E-state index in [1.165, 1.54) is 0 Å². The molecule has 1 rings (SSSR count). The third kappa shape index (κ3) is 3.95. The standard InChI is InChI=1S/C10H11BrFN3O3/c11-6-4-9(15(17)18)8(5-7(6)12)14-3-1-2-10(13)16/h4-5,14H,1-3H2,(H2,13,16). The smallest absolute Gasteiger partial charge is 0.293 e. The zero-order valence-electron chi connectivity index (χ0n) is 9.28. The number of amides is 1. The molecule has 6 nitrogen and oxygen atoms in total. The summed E-state index contributed by atoms with van der Waals surface area (Å²) in [7, 11) is 0. The molecule has 0 heterocycles. The molecular weight excluding hydrogens is 309 g/mol. The summed E-state index contributed by atoms with van der Waals surface area (Å²) in [6.07, 6.45) is 0.587. The highest BCUT2D eigenvalue weighted by molar-refractivity contribution is 9.10. The second-order valence-corrected chi connectivity index (χ2v) is 4.39. The molecule has 0 radical (unpaired) electrons. The molecule has 0 saturated carbocycles. The SMILES string of the molecule is NC(=O)CCCNc1cc(F)c(Br)cc1[N+](=O)[O-]. The third-order valence-electron chi connectivity index (χ3n) is 2.15. The number of nitrogens with one attached hydrogen (secondary N) is 1. The Bertz CT molecular complexity index is 482. The molecule has 0 aliphatic rings. The minimum absolute atomic E-state index is 0.0249. The number of nitrogens with two attached hydrogens (primary N) is 1. The van der Waals surface area contributed by atoms with Gasteiger partial charge in [0.05, 0.1) is 9.40 Å². The van der Waals surface area contributed by atoms with Crippen LogP contribution < -0.4 is 11.1 Å². The van der Waals surface area contributed by atoms with Gasteiger partial charge >= 0.3 is 0 Å². The molecule has 1 aromatic carbocycles. The van der Waals surface area contributed by atoms with Crippen molar-refractivity contribution in [3.8, 4) is 0 Å². The van der Waals surface area contributed by atoms with Crippen LogP contribution >= 0.6 is 15.9 Å². The highest BCUT2D eigenvalue weighted by Crippen LogP contribution is 2.30. The molecule has 3 N–H and O–H groups in total. The predicted molar refractivity (Wildman–Crippen MR) is 67.7 cm³/mol. The van der Waals surface area contributed by atoms with Gasteiger partial charge in [0.15, 0.2) is 0 Å². The van der Waals surface area contributed by atoms with E-state index in [1.807, 2.05) is 0 Å². The number of hydrogen-bond acceptors (Lipinski definition) is 4. The zero-order valence-corrected chi connectivity index (χ0v) is 10.9. The average Bonchev–Trinajstić information content (AvgIpc) is 2.28. The van der Waals surface area contributed by atoms with E-state index in [0.29, 0.717) is 13.0 Å². The lowest BCUT2D eigenvalue weighted by molar-refractivity contribution is -0.384. The molecule has 0 aliphatic carbocycles. The van der Waals surface area contributed by atoms with Gasteiger partial charge in [-0.15, -0.1) is 0 Å². The maximum atomic E-state index is 13.3. The molecule has 18 heavy (non-hydrogen) atoms. The van der Waals surface area contributed by atoms with Crippen LogP contribution in [0.1, 0.15) is 12.8 Å². The second kappa shape index (κ2) is 6.29. The van der Waals surface area contributed by atoms with Crippen LogP contribution in [0.15, 0.2) is 16.6 Å². The Labute approximate surface area is 111 Å². The molecule has 98 valence electrons. The summed E-state index contributed by atoms with van der Waals surface area (Å²) in [4.78, 5) is 20.7. The van der Waals surface area contributed by atoms with E-state index in [4.69, 9.17) is 5.73 Å². The van der Waals surface area contributed by atoms with E-state index in [9.17, 15) is 19.3 Å². The van der Waals surface area contributed by atoms with Gasteiger partial charge in [-0.05, 0) is 22.4 Å². The number of benzene rings is 1. The van der Waals surface area contributed by atoms with E-state index < -0.39 is 16.6 Å². The van der Waals surface area contributed by atoms with Crippen molar-refractivity contribution in [1.82, 2.24) is 0 Å². The molecule has 0 unspecified atom stereocenters. The van der Waals surface area contributed by atoms with Crippen molar-refractivity contribution in [1.29, 1.82) is 0 Å². The zero-order chi connectivity index (χ0) is 13.7. The number of halogens is 2. The summed E-state index contributed by atoms with van der Waals surface area (Å²) in [5, 5.41) is 13.5. The number of rotatable bonds is 6. The predicted octanol–water partition coefficient (Wildman–Crippen LogP) is 2.17. The number of carbonyl (C=O) groups excluding carboxylic acids is 1. The first-order chi connectivity index (χ1) is 8.41. The van der Waals surface area contributed by atoms with Crippen molar-refractivity contribution < 1.29 is 14.1 Å².